The third-order valence-corrected chi connectivity index (χ3v) is 5.97. The summed E-state index contributed by atoms with van der Waals surface area (Å²) in [5.41, 5.74) is 1.20. The van der Waals surface area contributed by atoms with Gasteiger partial charge in [0.15, 0.2) is 0 Å². The third-order valence-electron chi connectivity index (χ3n) is 3.62. The Morgan fingerprint density at radius 2 is 1.69 bits per heavy atom. The molecule has 0 aromatic heterocycles. The molecule has 1 amide bonds. The Balaban J connectivity index is 2.16. The Morgan fingerprint density at radius 1 is 1.08 bits per heavy atom. The first kappa shape index (κ1) is 20.1. The smallest absolute Gasteiger partial charge is 0.255 e. The van der Waals surface area contributed by atoms with E-state index in [0.29, 0.717) is 27.7 Å². The number of hydrogen-bond donors (Lipinski definition) is 2. The molecule has 2 N–H and O–H groups in total. The fourth-order valence-electron chi connectivity index (χ4n) is 1.97. The Kier molecular flexibility index (Phi) is 5.83. The van der Waals surface area contributed by atoms with Crippen molar-refractivity contribution in [2.24, 2.45) is 0 Å². The molecule has 0 aliphatic carbocycles. The monoisotopic (exact) mass is 396 g/mol. The lowest BCUT2D eigenvalue weighted by atomic mass is 10.2. The van der Waals surface area contributed by atoms with Gasteiger partial charge in [-0.1, -0.05) is 11.6 Å². The van der Waals surface area contributed by atoms with Crippen molar-refractivity contribution in [1.29, 1.82) is 0 Å². The van der Waals surface area contributed by atoms with Gasteiger partial charge in [-0.3, -0.25) is 9.52 Å². The summed E-state index contributed by atoms with van der Waals surface area (Å²) in [5.74, 6) is 0.119. The molecular formula is C18H21ClN2O4S. The molecule has 0 spiro atoms. The van der Waals surface area contributed by atoms with E-state index in [2.05, 4.69) is 10.0 Å². The van der Waals surface area contributed by atoms with Gasteiger partial charge >= 0.3 is 0 Å². The molecule has 0 fully saturated rings. The molecule has 0 bridgehead atoms. The van der Waals surface area contributed by atoms with Crippen LogP contribution in [0.3, 0.4) is 0 Å². The lowest BCUT2D eigenvalue weighted by Crippen LogP contribution is -2.33. The van der Waals surface area contributed by atoms with Crippen LogP contribution in [0.15, 0.2) is 42.5 Å². The first-order chi connectivity index (χ1) is 12.0. The summed E-state index contributed by atoms with van der Waals surface area (Å²) in [6.45, 7) is 4.82. The van der Waals surface area contributed by atoms with Crippen LogP contribution in [0.2, 0.25) is 5.02 Å². The molecule has 26 heavy (non-hydrogen) atoms. The number of benzene rings is 2. The van der Waals surface area contributed by atoms with Crippen molar-refractivity contribution < 1.29 is 17.9 Å². The van der Waals surface area contributed by atoms with Crippen molar-refractivity contribution in [3.8, 4) is 5.75 Å². The molecule has 0 aliphatic rings. The molecule has 0 saturated heterocycles. The molecule has 0 unspecified atom stereocenters. The predicted molar refractivity (Wildman–Crippen MR) is 105 cm³/mol. The normalized spacial score (nSPS) is 11.7. The molecule has 0 saturated carbocycles. The van der Waals surface area contributed by atoms with E-state index >= 15 is 0 Å². The number of hydrogen-bond acceptors (Lipinski definition) is 4. The van der Waals surface area contributed by atoms with Crippen molar-refractivity contribution in [3.05, 3.63) is 53.1 Å². The zero-order valence-corrected chi connectivity index (χ0v) is 16.5. The number of amides is 1. The second-order valence-electron chi connectivity index (χ2n) is 6.59. The molecule has 0 atom stereocenters. The number of anilines is 2. The minimum atomic E-state index is -3.53. The molecule has 2 rings (SSSR count). The van der Waals surface area contributed by atoms with Crippen LogP contribution < -0.4 is 14.8 Å². The van der Waals surface area contributed by atoms with Crippen LogP contribution in [0.25, 0.3) is 0 Å². The van der Waals surface area contributed by atoms with Gasteiger partial charge in [0.1, 0.15) is 5.75 Å². The standard InChI is InChI=1S/C18H21ClN2O4S/c1-18(2,3)26(23,24)21-14-8-5-12(6-9-14)17(22)20-15-11-13(19)7-10-16(15)25-4/h5-11,21H,1-4H3,(H,20,22). The number of ether oxygens (including phenoxy) is 1. The van der Waals surface area contributed by atoms with Crippen LogP contribution in [0.1, 0.15) is 31.1 Å². The van der Waals surface area contributed by atoms with Gasteiger partial charge in [0.2, 0.25) is 10.0 Å². The van der Waals surface area contributed by atoms with Gasteiger partial charge < -0.3 is 10.1 Å². The van der Waals surface area contributed by atoms with E-state index in [-0.39, 0.29) is 5.91 Å². The van der Waals surface area contributed by atoms with Gasteiger partial charge in [-0.05, 0) is 63.2 Å². The van der Waals surface area contributed by atoms with Crippen molar-refractivity contribution in [3.63, 3.8) is 0 Å². The van der Waals surface area contributed by atoms with Crippen molar-refractivity contribution in [2.75, 3.05) is 17.1 Å². The molecule has 6 nitrogen and oxygen atoms in total. The van der Waals surface area contributed by atoms with Gasteiger partial charge in [0.25, 0.3) is 5.91 Å². The van der Waals surface area contributed by atoms with Gasteiger partial charge in [-0.25, -0.2) is 8.42 Å². The number of methoxy groups -OCH3 is 1. The fraction of sp³-hybridized carbons (Fsp3) is 0.278. The summed E-state index contributed by atoms with van der Waals surface area (Å²) < 4.78 is 31.1. The van der Waals surface area contributed by atoms with Gasteiger partial charge in [-0.15, -0.1) is 0 Å². The molecule has 0 radical (unpaired) electrons. The molecule has 140 valence electrons. The Morgan fingerprint density at radius 3 is 2.23 bits per heavy atom. The van der Waals surface area contributed by atoms with E-state index in [1.54, 1.807) is 39.0 Å². The van der Waals surface area contributed by atoms with E-state index in [9.17, 15) is 13.2 Å². The van der Waals surface area contributed by atoms with E-state index in [4.69, 9.17) is 16.3 Å². The van der Waals surface area contributed by atoms with E-state index in [0.717, 1.165) is 0 Å². The Bertz CT molecular complexity index is 904. The van der Waals surface area contributed by atoms with Crippen LogP contribution >= 0.6 is 11.6 Å². The topological polar surface area (TPSA) is 84.5 Å². The highest BCUT2D eigenvalue weighted by Crippen LogP contribution is 2.28. The minimum Gasteiger partial charge on any atom is -0.495 e. The maximum absolute atomic E-state index is 12.4. The van der Waals surface area contributed by atoms with Crippen LogP contribution in [-0.2, 0) is 10.0 Å². The van der Waals surface area contributed by atoms with E-state index in [1.165, 1.54) is 31.4 Å². The van der Waals surface area contributed by atoms with Crippen LogP contribution in [0.5, 0.6) is 5.75 Å². The Hall–Kier alpha value is -2.25. The number of rotatable bonds is 5. The number of carbonyl (C=O) groups excluding carboxylic acids is 1. The average molecular weight is 397 g/mol. The Labute approximate surface area is 158 Å². The second kappa shape index (κ2) is 7.55. The lowest BCUT2D eigenvalue weighted by molar-refractivity contribution is 0.102. The zero-order valence-electron chi connectivity index (χ0n) is 15.0. The SMILES string of the molecule is COc1ccc(Cl)cc1NC(=O)c1ccc(NS(=O)(=O)C(C)(C)C)cc1. The maximum Gasteiger partial charge on any atom is 0.255 e. The van der Waals surface area contributed by atoms with Crippen LogP contribution in [-0.4, -0.2) is 26.2 Å². The van der Waals surface area contributed by atoms with Crippen molar-refractivity contribution in [2.45, 2.75) is 25.5 Å². The van der Waals surface area contributed by atoms with Gasteiger partial charge in [0, 0.05) is 16.3 Å². The molecule has 0 aliphatic heterocycles. The minimum absolute atomic E-state index is 0.365. The molecule has 8 heteroatoms. The number of carbonyl (C=O) groups is 1. The predicted octanol–water partition coefficient (Wildman–Crippen LogP) is 4.14. The summed E-state index contributed by atoms with van der Waals surface area (Å²) in [6, 6.07) is 11.0. The maximum atomic E-state index is 12.4. The van der Waals surface area contributed by atoms with E-state index < -0.39 is 14.8 Å². The molecule has 2 aromatic carbocycles. The average Bonchev–Trinajstić information content (AvgIpc) is 2.54. The molecular weight excluding hydrogens is 376 g/mol. The summed E-state index contributed by atoms with van der Waals surface area (Å²) >= 11 is 5.95. The van der Waals surface area contributed by atoms with Crippen LogP contribution in [0, 0.1) is 0 Å². The molecule has 2 aromatic rings. The summed E-state index contributed by atoms with van der Waals surface area (Å²) in [7, 11) is -2.03. The third kappa shape index (κ3) is 4.68. The van der Waals surface area contributed by atoms with Crippen molar-refractivity contribution in [1.82, 2.24) is 0 Å². The zero-order chi connectivity index (χ0) is 19.5. The highest BCUT2D eigenvalue weighted by atomic mass is 35.5. The fourth-order valence-corrected chi connectivity index (χ4v) is 2.89. The summed E-state index contributed by atoms with van der Waals surface area (Å²) in [5, 5.41) is 3.19. The van der Waals surface area contributed by atoms with Gasteiger partial charge in [0.05, 0.1) is 17.5 Å². The number of halogens is 1. The second-order valence-corrected chi connectivity index (χ2v) is 9.47. The molecule has 0 heterocycles. The number of sulfonamides is 1. The summed E-state index contributed by atoms with van der Waals surface area (Å²) in [6.07, 6.45) is 0. The number of nitrogens with one attached hydrogen (secondary N) is 2. The van der Waals surface area contributed by atoms with Crippen molar-refractivity contribution >= 4 is 38.9 Å². The highest BCUT2D eigenvalue weighted by Gasteiger charge is 2.28. The van der Waals surface area contributed by atoms with E-state index in [1.807, 2.05) is 0 Å². The highest BCUT2D eigenvalue weighted by molar-refractivity contribution is 7.94. The quantitative estimate of drug-likeness (QED) is 0.795. The largest absolute Gasteiger partial charge is 0.495 e. The first-order valence-electron chi connectivity index (χ1n) is 7.81. The lowest BCUT2D eigenvalue weighted by Gasteiger charge is -2.20. The van der Waals surface area contributed by atoms with Gasteiger partial charge in [-0.2, -0.15) is 0 Å². The first-order valence-corrected chi connectivity index (χ1v) is 9.67. The summed E-state index contributed by atoms with van der Waals surface area (Å²) in [4.78, 5) is 12.4. The van der Waals surface area contributed by atoms with Crippen LogP contribution in [0.4, 0.5) is 11.4 Å².